The van der Waals surface area contributed by atoms with Crippen LogP contribution in [0, 0.1) is 0 Å². The smallest absolute Gasteiger partial charge is 0.309 e. The molecule has 1 heterocycles. The molecule has 2 amide bonds. The zero-order chi connectivity index (χ0) is 20.1. The molecule has 28 heavy (non-hydrogen) atoms. The number of nitrogens with zero attached hydrogens (tertiary/aromatic N) is 1. The fourth-order valence-electron chi connectivity index (χ4n) is 3.29. The number of fused-ring (bicyclic) bond motifs is 1. The first kappa shape index (κ1) is 19.7. The Kier molecular flexibility index (Phi) is 6.16. The Morgan fingerprint density at radius 1 is 1.18 bits per heavy atom. The summed E-state index contributed by atoms with van der Waals surface area (Å²) < 4.78 is 5.22. The molecule has 0 unspecified atom stereocenters. The van der Waals surface area contributed by atoms with Gasteiger partial charge in [0.25, 0.3) is 0 Å². The van der Waals surface area contributed by atoms with Crippen LogP contribution in [0.5, 0.6) is 5.75 Å². The lowest BCUT2D eigenvalue weighted by Gasteiger charge is -2.15. The van der Waals surface area contributed by atoms with Gasteiger partial charge in [-0.15, -0.1) is 0 Å². The fourth-order valence-corrected chi connectivity index (χ4v) is 3.29. The van der Waals surface area contributed by atoms with Crippen molar-refractivity contribution in [2.75, 3.05) is 32.1 Å². The molecule has 0 aliphatic carbocycles. The van der Waals surface area contributed by atoms with Crippen LogP contribution >= 0.6 is 0 Å². The number of amides is 2. The predicted octanol–water partition coefficient (Wildman–Crippen LogP) is 1.15. The Hall–Kier alpha value is -3.06. The molecule has 2 aromatic rings. The van der Waals surface area contributed by atoms with Crippen LogP contribution in [-0.4, -0.2) is 44.2 Å². The van der Waals surface area contributed by atoms with Gasteiger partial charge in [-0.3, -0.25) is 9.59 Å². The number of para-hydroxylation sites is 1. The minimum atomic E-state index is -0.873. The van der Waals surface area contributed by atoms with Gasteiger partial charge < -0.3 is 25.4 Å². The number of aliphatic hydroxyl groups excluding tert-OH is 1. The molecule has 0 bridgehead atoms. The third-order valence-electron chi connectivity index (χ3n) is 4.91. The first-order valence-corrected chi connectivity index (χ1v) is 9.19. The monoisotopic (exact) mass is 383 g/mol. The van der Waals surface area contributed by atoms with E-state index in [9.17, 15) is 14.7 Å². The molecule has 0 saturated heterocycles. The standard InChI is InChI=1S/C21H25N3O4/c1-24-10-9-14-11-15(7-8-17(14)24)18(25)13-23-21(27)20(26)22-12-16-5-3-4-6-19(16)28-2/h3-8,11,18,25H,9-10,12-13H2,1-2H3,(H,22,26)(H,23,27)/t18-/m0/s1. The first-order valence-electron chi connectivity index (χ1n) is 9.19. The number of hydrogen-bond donors (Lipinski definition) is 3. The quantitative estimate of drug-likeness (QED) is 0.651. The number of benzene rings is 2. The second-order valence-electron chi connectivity index (χ2n) is 6.78. The van der Waals surface area contributed by atoms with Crippen molar-refractivity contribution < 1.29 is 19.4 Å². The summed E-state index contributed by atoms with van der Waals surface area (Å²) in [5.74, 6) is -0.899. The average molecular weight is 383 g/mol. The first-order chi connectivity index (χ1) is 13.5. The van der Waals surface area contributed by atoms with Crippen molar-refractivity contribution >= 4 is 17.5 Å². The lowest BCUT2D eigenvalue weighted by molar-refractivity contribution is -0.139. The van der Waals surface area contributed by atoms with Gasteiger partial charge in [-0.2, -0.15) is 0 Å². The Morgan fingerprint density at radius 2 is 1.93 bits per heavy atom. The Morgan fingerprint density at radius 3 is 2.71 bits per heavy atom. The van der Waals surface area contributed by atoms with E-state index in [2.05, 4.69) is 15.5 Å². The van der Waals surface area contributed by atoms with Crippen LogP contribution in [0.4, 0.5) is 5.69 Å². The van der Waals surface area contributed by atoms with E-state index in [0.29, 0.717) is 5.75 Å². The third-order valence-corrected chi connectivity index (χ3v) is 4.91. The summed E-state index contributed by atoms with van der Waals surface area (Å²) in [7, 11) is 3.58. The molecule has 7 heteroatoms. The number of nitrogens with one attached hydrogen (secondary N) is 2. The van der Waals surface area contributed by atoms with Crippen molar-refractivity contribution in [3.63, 3.8) is 0 Å². The van der Waals surface area contributed by atoms with Gasteiger partial charge in [0.15, 0.2) is 0 Å². The number of ether oxygens (including phenoxy) is 1. The zero-order valence-electron chi connectivity index (χ0n) is 16.1. The second-order valence-corrected chi connectivity index (χ2v) is 6.78. The van der Waals surface area contributed by atoms with E-state index in [4.69, 9.17) is 4.74 Å². The summed E-state index contributed by atoms with van der Waals surface area (Å²) in [6.45, 7) is 1.10. The van der Waals surface area contributed by atoms with E-state index in [1.54, 1.807) is 13.2 Å². The summed E-state index contributed by atoms with van der Waals surface area (Å²) in [6, 6.07) is 13.0. The van der Waals surface area contributed by atoms with Crippen LogP contribution in [0.25, 0.3) is 0 Å². The zero-order valence-corrected chi connectivity index (χ0v) is 16.1. The molecule has 3 N–H and O–H groups in total. The highest BCUT2D eigenvalue weighted by Crippen LogP contribution is 2.29. The van der Waals surface area contributed by atoms with E-state index in [1.807, 2.05) is 43.4 Å². The van der Waals surface area contributed by atoms with Gasteiger partial charge in [-0.05, 0) is 29.7 Å². The molecule has 0 aromatic heterocycles. The van der Waals surface area contributed by atoms with Gasteiger partial charge in [-0.25, -0.2) is 0 Å². The third kappa shape index (κ3) is 4.43. The number of hydrogen-bond acceptors (Lipinski definition) is 5. The van der Waals surface area contributed by atoms with Crippen molar-refractivity contribution in [2.24, 2.45) is 0 Å². The number of likely N-dealkylation sites (N-methyl/N-ethyl adjacent to an activating group) is 1. The number of rotatable bonds is 6. The molecule has 1 aliphatic rings. The largest absolute Gasteiger partial charge is 0.496 e. The van der Waals surface area contributed by atoms with Crippen molar-refractivity contribution in [2.45, 2.75) is 19.1 Å². The molecule has 2 aromatic carbocycles. The molecular formula is C21H25N3O4. The van der Waals surface area contributed by atoms with Gasteiger partial charge in [0.1, 0.15) is 5.75 Å². The number of aliphatic hydroxyl groups is 1. The fraction of sp³-hybridized carbons (Fsp3) is 0.333. The Balaban J connectivity index is 1.50. The molecule has 0 spiro atoms. The summed E-state index contributed by atoms with van der Waals surface area (Å²) >= 11 is 0. The van der Waals surface area contributed by atoms with E-state index >= 15 is 0 Å². The molecule has 0 fully saturated rings. The van der Waals surface area contributed by atoms with Crippen LogP contribution in [0.3, 0.4) is 0 Å². The molecule has 0 saturated carbocycles. The Labute approximate surface area is 164 Å². The van der Waals surface area contributed by atoms with Crippen LogP contribution in [0.2, 0.25) is 0 Å². The maximum atomic E-state index is 12.0. The maximum Gasteiger partial charge on any atom is 0.309 e. The highest BCUT2D eigenvalue weighted by Gasteiger charge is 2.19. The molecular weight excluding hydrogens is 358 g/mol. The SMILES string of the molecule is COc1ccccc1CNC(=O)C(=O)NC[C@H](O)c1ccc2c(c1)CCN2C. The van der Waals surface area contributed by atoms with Crippen LogP contribution in [0.15, 0.2) is 42.5 Å². The second kappa shape index (κ2) is 8.75. The summed E-state index contributed by atoms with van der Waals surface area (Å²) in [4.78, 5) is 26.2. The Bertz CT molecular complexity index is 868. The van der Waals surface area contributed by atoms with E-state index in [-0.39, 0.29) is 13.1 Å². The molecule has 3 rings (SSSR count). The van der Waals surface area contributed by atoms with Crippen LogP contribution in [0.1, 0.15) is 22.8 Å². The van der Waals surface area contributed by atoms with Crippen molar-refractivity contribution in [1.82, 2.24) is 10.6 Å². The number of methoxy groups -OCH3 is 1. The molecule has 148 valence electrons. The van der Waals surface area contributed by atoms with Crippen LogP contribution in [-0.2, 0) is 22.6 Å². The summed E-state index contributed by atoms with van der Waals surface area (Å²) in [6.07, 6.45) is 0.0616. The van der Waals surface area contributed by atoms with E-state index < -0.39 is 17.9 Å². The normalized spacial score (nSPS) is 13.6. The number of carbonyl (C=O) groups is 2. The van der Waals surface area contributed by atoms with Crippen LogP contribution < -0.4 is 20.3 Å². The number of carbonyl (C=O) groups excluding carboxylic acids is 2. The minimum absolute atomic E-state index is 0.0322. The van der Waals surface area contributed by atoms with Crippen molar-refractivity contribution in [3.8, 4) is 5.75 Å². The van der Waals surface area contributed by atoms with Gasteiger partial charge in [0.05, 0.1) is 13.2 Å². The van der Waals surface area contributed by atoms with Gasteiger partial charge in [0.2, 0.25) is 0 Å². The van der Waals surface area contributed by atoms with Gasteiger partial charge >= 0.3 is 11.8 Å². The van der Waals surface area contributed by atoms with E-state index in [1.165, 1.54) is 5.56 Å². The summed E-state index contributed by atoms with van der Waals surface area (Å²) in [5.41, 5.74) is 3.84. The minimum Gasteiger partial charge on any atom is -0.496 e. The molecule has 7 nitrogen and oxygen atoms in total. The lowest BCUT2D eigenvalue weighted by Crippen LogP contribution is -2.41. The molecule has 1 aliphatic heterocycles. The lowest BCUT2D eigenvalue weighted by atomic mass is 10.0. The molecule has 0 radical (unpaired) electrons. The van der Waals surface area contributed by atoms with Gasteiger partial charge in [0, 0.05) is 37.9 Å². The predicted molar refractivity (Wildman–Crippen MR) is 106 cm³/mol. The van der Waals surface area contributed by atoms with Crippen molar-refractivity contribution in [1.29, 1.82) is 0 Å². The van der Waals surface area contributed by atoms with Crippen molar-refractivity contribution in [3.05, 3.63) is 59.2 Å². The average Bonchev–Trinajstić information content (AvgIpc) is 3.10. The highest BCUT2D eigenvalue weighted by molar-refractivity contribution is 6.35. The molecule has 1 atom stereocenters. The van der Waals surface area contributed by atoms with Gasteiger partial charge in [-0.1, -0.05) is 30.3 Å². The highest BCUT2D eigenvalue weighted by atomic mass is 16.5. The van der Waals surface area contributed by atoms with E-state index in [0.717, 1.165) is 29.8 Å². The maximum absolute atomic E-state index is 12.0. The number of anilines is 1. The summed E-state index contributed by atoms with van der Waals surface area (Å²) in [5, 5.41) is 15.4. The topological polar surface area (TPSA) is 90.9 Å².